The third-order valence-corrected chi connectivity index (χ3v) is 12.7. The van der Waals surface area contributed by atoms with E-state index >= 15 is 0 Å². The molecule has 2 N–H and O–H groups in total. The Morgan fingerprint density at radius 1 is 1.00 bits per heavy atom. The highest BCUT2D eigenvalue weighted by atomic mass is 127. The Labute approximate surface area is 273 Å². The summed E-state index contributed by atoms with van der Waals surface area (Å²) in [6.07, 6.45) is 12.7. The number of anilines is 2. The minimum absolute atomic E-state index is 0.149. The van der Waals surface area contributed by atoms with Crippen molar-refractivity contribution >= 4 is 44.9 Å². The van der Waals surface area contributed by atoms with Crippen LogP contribution >= 0.6 is 22.6 Å². The minimum atomic E-state index is 0.149. The first kappa shape index (κ1) is 27.9. The van der Waals surface area contributed by atoms with E-state index < -0.39 is 0 Å². The summed E-state index contributed by atoms with van der Waals surface area (Å²) in [4.78, 5) is 18.2. The number of nitrogens with zero attached hydrogens (tertiary/aromatic N) is 5. The molecule has 6 aliphatic rings. The summed E-state index contributed by atoms with van der Waals surface area (Å²) in [6.45, 7) is 5.47. The number of aromatic nitrogens is 2. The maximum absolute atomic E-state index is 10.7. The summed E-state index contributed by atoms with van der Waals surface area (Å²) in [6, 6.07) is 12.5. The van der Waals surface area contributed by atoms with Crippen LogP contribution in [0.4, 0.5) is 11.5 Å². The quantitative estimate of drug-likeness (QED) is 0.332. The molecule has 9 heteroatoms. The van der Waals surface area contributed by atoms with Crippen LogP contribution in [0.5, 0.6) is 11.8 Å². The highest BCUT2D eigenvalue weighted by molar-refractivity contribution is 14.1. The molecule has 3 aromatic rings. The molecule has 4 saturated heterocycles. The lowest BCUT2D eigenvalue weighted by molar-refractivity contribution is 0.0774. The lowest BCUT2D eigenvalue weighted by Gasteiger charge is -2.38. The predicted molar refractivity (Wildman–Crippen MR) is 182 cm³/mol. The number of piperazine rings is 1. The van der Waals surface area contributed by atoms with E-state index in [0.29, 0.717) is 37.0 Å². The number of aromatic hydroxyl groups is 1. The number of benzene rings is 2. The number of hydrogen-bond acceptors (Lipinski definition) is 8. The third-order valence-electron chi connectivity index (χ3n) is 11.8. The van der Waals surface area contributed by atoms with Crippen molar-refractivity contribution in [1.82, 2.24) is 20.2 Å². The second-order valence-corrected chi connectivity index (χ2v) is 15.6. The molecule has 5 unspecified atom stereocenters. The zero-order chi connectivity index (χ0) is 29.4. The zero-order valence-electron chi connectivity index (χ0n) is 25.5. The summed E-state index contributed by atoms with van der Waals surface area (Å²) >= 11 is 2.42. The minimum Gasteiger partial charge on any atom is -0.508 e. The predicted octanol–water partition coefficient (Wildman–Crippen LogP) is 5.62. The smallest absolute Gasteiger partial charge is 0.318 e. The van der Waals surface area contributed by atoms with Crippen molar-refractivity contribution in [2.45, 2.75) is 94.4 Å². The summed E-state index contributed by atoms with van der Waals surface area (Å²) in [5.74, 6) is 2.23. The van der Waals surface area contributed by atoms with Crippen LogP contribution in [0.15, 0.2) is 30.3 Å². The van der Waals surface area contributed by atoms with Crippen molar-refractivity contribution in [3.05, 3.63) is 45.2 Å². The van der Waals surface area contributed by atoms with E-state index in [9.17, 15) is 5.11 Å². The van der Waals surface area contributed by atoms with Gasteiger partial charge in [-0.2, -0.15) is 9.97 Å². The maximum atomic E-state index is 10.7. The number of nitrogens with one attached hydrogen (secondary N) is 1. The van der Waals surface area contributed by atoms with Crippen LogP contribution in [0.2, 0.25) is 0 Å². The molecule has 9 rings (SSSR count). The number of hydrogen-bond donors (Lipinski definition) is 2. The fourth-order valence-electron chi connectivity index (χ4n) is 9.92. The number of phenols is 1. The van der Waals surface area contributed by atoms with E-state index in [2.05, 4.69) is 60.8 Å². The molecule has 232 valence electrons. The lowest BCUT2D eigenvalue weighted by atomic mass is 9.82. The van der Waals surface area contributed by atoms with Gasteiger partial charge in [-0.25, -0.2) is 0 Å². The first-order chi connectivity index (χ1) is 21.5. The van der Waals surface area contributed by atoms with Gasteiger partial charge in [0.25, 0.3) is 0 Å². The SMILES string of the molecule is Oc1cc(N2CCc3c(nc(OCC45CCCN4C4CCCCC4C5)nc3N3CC4CCC(C3)N4)C2)c2c(I)cccc2c1. The fourth-order valence-corrected chi connectivity index (χ4v) is 10.7. The molecule has 5 fully saturated rings. The Hall–Kier alpha value is -2.37. The highest BCUT2D eigenvalue weighted by Crippen LogP contribution is 2.50. The largest absolute Gasteiger partial charge is 0.508 e. The van der Waals surface area contributed by atoms with Crippen molar-refractivity contribution in [2.24, 2.45) is 5.92 Å². The van der Waals surface area contributed by atoms with Crippen LogP contribution in [0.25, 0.3) is 10.8 Å². The molecule has 5 atom stereocenters. The summed E-state index contributed by atoms with van der Waals surface area (Å²) < 4.78 is 7.95. The molecule has 0 spiro atoms. The van der Waals surface area contributed by atoms with E-state index in [0.717, 1.165) is 60.6 Å². The first-order valence-electron chi connectivity index (χ1n) is 17.0. The van der Waals surface area contributed by atoms with Gasteiger partial charge in [0.05, 0.1) is 17.8 Å². The molecule has 1 saturated carbocycles. The molecular weight excluding hydrogens is 663 g/mol. The van der Waals surface area contributed by atoms with Crippen molar-refractivity contribution < 1.29 is 9.84 Å². The maximum Gasteiger partial charge on any atom is 0.318 e. The highest BCUT2D eigenvalue weighted by Gasteiger charge is 2.54. The number of ether oxygens (including phenoxy) is 1. The van der Waals surface area contributed by atoms with Crippen LogP contribution in [-0.2, 0) is 13.0 Å². The summed E-state index contributed by atoms with van der Waals surface area (Å²) in [5.41, 5.74) is 3.58. The van der Waals surface area contributed by atoms with Crippen LogP contribution in [-0.4, -0.2) is 76.4 Å². The van der Waals surface area contributed by atoms with Gasteiger partial charge in [0, 0.05) is 64.0 Å². The molecule has 5 aliphatic heterocycles. The number of rotatable bonds is 5. The van der Waals surface area contributed by atoms with Crippen LogP contribution in [0.1, 0.15) is 69.0 Å². The molecular formula is C35H43IN6O2. The van der Waals surface area contributed by atoms with Gasteiger partial charge in [-0.1, -0.05) is 25.0 Å². The van der Waals surface area contributed by atoms with E-state index in [1.165, 1.54) is 78.9 Å². The lowest BCUT2D eigenvalue weighted by Crippen LogP contribution is -2.52. The van der Waals surface area contributed by atoms with Crippen molar-refractivity contribution in [2.75, 3.05) is 42.6 Å². The Kier molecular flexibility index (Phi) is 6.89. The molecule has 2 aromatic carbocycles. The Morgan fingerprint density at radius 3 is 2.75 bits per heavy atom. The van der Waals surface area contributed by atoms with Crippen LogP contribution in [0, 0.1) is 9.49 Å². The number of fused-ring (bicyclic) bond motifs is 7. The average Bonchev–Trinajstić information content (AvgIpc) is 3.69. The molecule has 1 aromatic heterocycles. The van der Waals surface area contributed by atoms with E-state index in [-0.39, 0.29) is 5.54 Å². The Morgan fingerprint density at radius 2 is 1.86 bits per heavy atom. The summed E-state index contributed by atoms with van der Waals surface area (Å²) in [5, 5.41) is 16.7. The standard InChI is InChI=1S/C35H43IN6O2/c36-28-7-3-6-22-15-26(43)16-31(32(22)28)40-14-11-27-29(20-40)38-34(39-33(27)41-18-24-9-10-25(19-41)37-24)44-21-35-12-4-13-42(35)30-8-2-1-5-23(30)17-35/h3,6-7,15-16,23-25,30,37,43H,1-2,4-5,8-14,17-21H2. The Balaban J connectivity index is 1.06. The monoisotopic (exact) mass is 706 g/mol. The molecule has 2 bridgehead atoms. The van der Waals surface area contributed by atoms with E-state index in [1.807, 2.05) is 12.1 Å². The molecule has 0 amide bonds. The average molecular weight is 707 g/mol. The van der Waals surface area contributed by atoms with Gasteiger partial charge >= 0.3 is 6.01 Å². The number of phenolic OH excluding ortho intramolecular Hbond substituents is 1. The molecule has 8 nitrogen and oxygen atoms in total. The van der Waals surface area contributed by atoms with Gasteiger partial charge < -0.3 is 25.0 Å². The first-order valence-corrected chi connectivity index (χ1v) is 18.1. The van der Waals surface area contributed by atoms with Gasteiger partial charge in [0.2, 0.25) is 0 Å². The second-order valence-electron chi connectivity index (χ2n) is 14.4. The fraction of sp³-hybridized carbons (Fsp3) is 0.600. The normalized spacial score (nSPS) is 31.3. The van der Waals surface area contributed by atoms with Crippen molar-refractivity contribution in [3.63, 3.8) is 0 Å². The third kappa shape index (κ3) is 4.66. The van der Waals surface area contributed by atoms with E-state index in [4.69, 9.17) is 14.7 Å². The van der Waals surface area contributed by atoms with E-state index in [1.54, 1.807) is 0 Å². The molecule has 44 heavy (non-hydrogen) atoms. The van der Waals surface area contributed by atoms with Gasteiger partial charge in [-0.15, -0.1) is 0 Å². The van der Waals surface area contributed by atoms with Gasteiger partial charge in [-0.05, 0) is 104 Å². The van der Waals surface area contributed by atoms with Crippen molar-refractivity contribution in [3.8, 4) is 11.8 Å². The molecule has 6 heterocycles. The second kappa shape index (κ2) is 10.9. The van der Waals surface area contributed by atoms with Crippen LogP contribution in [0.3, 0.4) is 0 Å². The van der Waals surface area contributed by atoms with Gasteiger partial charge in [-0.3, -0.25) is 4.90 Å². The van der Waals surface area contributed by atoms with Crippen molar-refractivity contribution in [1.29, 1.82) is 0 Å². The van der Waals surface area contributed by atoms with Gasteiger partial charge in [0.1, 0.15) is 18.2 Å². The Bertz CT molecular complexity index is 1590. The summed E-state index contributed by atoms with van der Waals surface area (Å²) in [7, 11) is 0. The topological polar surface area (TPSA) is 77.0 Å². The zero-order valence-corrected chi connectivity index (χ0v) is 27.6. The number of halogens is 1. The van der Waals surface area contributed by atoms with Gasteiger partial charge in [0.15, 0.2) is 0 Å². The molecule has 1 aliphatic carbocycles. The van der Waals surface area contributed by atoms with Crippen LogP contribution < -0.4 is 19.9 Å². The molecule has 0 radical (unpaired) electrons.